The zero-order chi connectivity index (χ0) is 15.7. The SMILES string of the molecule is Cc1cccc(NC(=O)Nc2ccc3c(c2)C(=O)NC3=O)c1. The maximum atomic E-state index is 11.9. The summed E-state index contributed by atoms with van der Waals surface area (Å²) in [5.74, 6) is -0.876. The van der Waals surface area contributed by atoms with Crippen molar-refractivity contribution in [3.8, 4) is 0 Å². The summed E-state index contributed by atoms with van der Waals surface area (Å²) in [6.07, 6.45) is 0. The van der Waals surface area contributed by atoms with E-state index in [-0.39, 0.29) is 5.56 Å². The van der Waals surface area contributed by atoms with Crippen LogP contribution in [0.1, 0.15) is 26.3 Å². The monoisotopic (exact) mass is 295 g/mol. The quantitative estimate of drug-likeness (QED) is 0.744. The highest BCUT2D eigenvalue weighted by molar-refractivity contribution is 6.22. The van der Waals surface area contributed by atoms with Gasteiger partial charge in [0.15, 0.2) is 0 Å². The Labute approximate surface area is 126 Å². The third-order valence-corrected chi connectivity index (χ3v) is 3.27. The lowest BCUT2D eigenvalue weighted by molar-refractivity contribution is 0.0879. The molecule has 0 aliphatic carbocycles. The van der Waals surface area contributed by atoms with Crippen molar-refractivity contribution in [2.24, 2.45) is 0 Å². The Bertz CT molecular complexity index is 799. The second-order valence-corrected chi connectivity index (χ2v) is 4.99. The largest absolute Gasteiger partial charge is 0.323 e. The van der Waals surface area contributed by atoms with Gasteiger partial charge >= 0.3 is 6.03 Å². The van der Waals surface area contributed by atoms with Crippen molar-refractivity contribution in [2.75, 3.05) is 10.6 Å². The summed E-state index contributed by atoms with van der Waals surface area (Å²) in [5, 5.41) is 7.54. The molecule has 0 saturated carbocycles. The number of amides is 4. The van der Waals surface area contributed by atoms with Crippen LogP contribution in [-0.2, 0) is 0 Å². The van der Waals surface area contributed by atoms with Gasteiger partial charge in [0, 0.05) is 11.4 Å². The third-order valence-electron chi connectivity index (χ3n) is 3.27. The molecule has 0 bridgehead atoms. The molecule has 0 spiro atoms. The lowest BCUT2D eigenvalue weighted by Crippen LogP contribution is -2.20. The summed E-state index contributed by atoms with van der Waals surface area (Å²) in [7, 11) is 0. The molecule has 2 aromatic rings. The summed E-state index contributed by atoms with van der Waals surface area (Å²) in [6.45, 7) is 1.93. The van der Waals surface area contributed by atoms with Gasteiger partial charge in [0.25, 0.3) is 11.8 Å². The molecule has 1 aliphatic rings. The number of carbonyl (C=O) groups excluding carboxylic acids is 3. The second-order valence-electron chi connectivity index (χ2n) is 4.99. The van der Waals surface area contributed by atoms with Gasteiger partial charge in [-0.15, -0.1) is 0 Å². The average Bonchev–Trinajstić information content (AvgIpc) is 2.73. The Morgan fingerprint density at radius 2 is 1.59 bits per heavy atom. The number of benzene rings is 2. The Morgan fingerprint density at radius 3 is 2.32 bits per heavy atom. The van der Waals surface area contributed by atoms with Gasteiger partial charge in [-0.1, -0.05) is 12.1 Å². The number of fused-ring (bicyclic) bond motifs is 1. The van der Waals surface area contributed by atoms with E-state index < -0.39 is 17.8 Å². The molecule has 0 saturated heterocycles. The number of carbonyl (C=O) groups is 3. The normalized spacial score (nSPS) is 12.6. The predicted octanol–water partition coefficient (Wildman–Crippen LogP) is 2.52. The van der Waals surface area contributed by atoms with Crippen LogP contribution in [0.15, 0.2) is 42.5 Å². The fraction of sp³-hybridized carbons (Fsp3) is 0.0625. The summed E-state index contributed by atoms with van der Waals surface area (Å²) in [4.78, 5) is 35.0. The molecule has 0 aromatic heterocycles. The van der Waals surface area contributed by atoms with E-state index in [9.17, 15) is 14.4 Å². The minimum atomic E-state index is -0.456. The molecule has 0 fully saturated rings. The Balaban J connectivity index is 1.74. The molecule has 1 heterocycles. The second kappa shape index (κ2) is 5.33. The molecule has 4 amide bonds. The van der Waals surface area contributed by atoms with Crippen molar-refractivity contribution in [1.29, 1.82) is 0 Å². The van der Waals surface area contributed by atoms with Crippen LogP contribution in [0.5, 0.6) is 0 Å². The van der Waals surface area contributed by atoms with Crippen molar-refractivity contribution in [3.63, 3.8) is 0 Å². The first-order valence-corrected chi connectivity index (χ1v) is 6.67. The standard InChI is InChI=1S/C16H13N3O3/c1-9-3-2-4-10(7-9)17-16(22)18-11-5-6-12-13(8-11)15(21)19-14(12)20/h2-8H,1H3,(H2,17,18,22)(H,19,20,21). The zero-order valence-electron chi connectivity index (χ0n) is 11.8. The number of urea groups is 1. The van der Waals surface area contributed by atoms with E-state index in [1.165, 1.54) is 12.1 Å². The molecule has 1 aliphatic heterocycles. The molecule has 0 atom stereocenters. The number of imide groups is 1. The topological polar surface area (TPSA) is 87.3 Å². The van der Waals surface area contributed by atoms with Crippen LogP contribution in [0.25, 0.3) is 0 Å². The first-order valence-electron chi connectivity index (χ1n) is 6.67. The van der Waals surface area contributed by atoms with Gasteiger partial charge in [0.05, 0.1) is 11.1 Å². The van der Waals surface area contributed by atoms with E-state index >= 15 is 0 Å². The van der Waals surface area contributed by atoms with Crippen molar-refractivity contribution in [2.45, 2.75) is 6.92 Å². The van der Waals surface area contributed by atoms with Crippen LogP contribution in [0.2, 0.25) is 0 Å². The van der Waals surface area contributed by atoms with E-state index in [0.717, 1.165) is 5.56 Å². The van der Waals surface area contributed by atoms with E-state index in [0.29, 0.717) is 16.9 Å². The van der Waals surface area contributed by atoms with Crippen LogP contribution in [0, 0.1) is 6.92 Å². The van der Waals surface area contributed by atoms with Gasteiger partial charge in [0.2, 0.25) is 0 Å². The number of nitrogens with one attached hydrogen (secondary N) is 3. The van der Waals surface area contributed by atoms with Crippen LogP contribution in [0.4, 0.5) is 16.2 Å². The number of rotatable bonds is 2. The highest BCUT2D eigenvalue weighted by Crippen LogP contribution is 2.20. The Hall–Kier alpha value is -3.15. The zero-order valence-corrected chi connectivity index (χ0v) is 11.8. The minimum absolute atomic E-state index is 0.262. The first kappa shape index (κ1) is 13.8. The number of aryl methyl sites for hydroxylation is 1. The molecule has 6 nitrogen and oxygen atoms in total. The van der Waals surface area contributed by atoms with Gasteiger partial charge in [-0.2, -0.15) is 0 Å². The van der Waals surface area contributed by atoms with Gasteiger partial charge in [0.1, 0.15) is 0 Å². The molecule has 2 aromatic carbocycles. The van der Waals surface area contributed by atoms with Gasteiger partial charge in [-0.05, 0) is 42.8 Å². The van der Waals surface area contributed by atoms with Crippen molar-refractivity contribution < 1.29 is 14.4 Å². The molecule has 6 heteroatoms. The highest BCUT2D eigenvalue weighted by atomic mass is 16.2. The average molecular weight is 295 g/mol. The summed E-state index contributed by atoms with van der Waals surface area (Å²) >= 11 is 0. The summed E-state index contributed by atoms with van der Waals surface area (Å²) < 4.78 is 0. The van der Waals surface area contributed by atoms with E-state index in [1.807, 2.05) is 25.1 Å². The van der Waals surface area contributed by atoms with E-state index in [1.54, 1.807) is 12.1 Å². The smallest absolute Gasteiger partial charge is 0.308 e. The molecular weight excluding hydrogens is 282 g/mol. The minimum Gasteiger partial charge on any atom is -0.308 e. The number of anilines is 2. The lowest BCUT2D eigenvalue weighted by Gasteiger charge is -2.08. The summed E-state index contributed by atoms with van der Waals surface area (Å²) in [6, 6.07) is 11.5. The van der Waals surface area contributed by atoms with Crippen LogP contribution in [-0.4, -0.2) is 17.8 Å². The molecular formula is C16H13N3O3. The fourth-order valence-corrected chi connectivity index (χ4v) is 2.26. The highest BCUT2D eigenvalue weighted by Gasteiger charge is 2.26. The molecule has 22 heavy (non-hydrogen) atoms. The molecule has 3 rings (SSSR count). The number of hydrogen-bond acceptors (Lipinski definition) is 3. The number of hydrogen-bond donors (Lipinski definition) is 3. The van der Waals surface area contributed by atoms with Crippen LogP contribution in [0.3, 0.4) is 0 Å². The molecule has 0 unspecified atom stereocenters. The van der Waals surface area contributed by atoms with Crippen LogP contribution >= 0.6 is 0 Å². The summed E-state index contributed by atoms with van der Waals surface area (Å²) in [5.41, 5.74) is 2.72. The van der Waals surface area contributed by atoms with Crippen molar-refractivity contribution in [3.05, 3.63) is 59.2 Å². The lowest BCUT2D eigenvalue weighted by atomic mass is 10.1. The van der Waals surface area contributed by atoms with Gasteiger partial charge < -0.3 is 10.6 Å². The molecule has 3 N–H and O–H groups in total. The van der Waals surface area contributed by atoms with Crippen molar-refractivity contribution in [1.82, 2.24) is 5.32 Å². The predicted molar refractivity (Wildman–Crippen MR) is 82.1 cm³/mol. The molecule has 110 valence electrons. The van der Waals surface area contributed by atoms with Crippen molar-refractivity contribution >= 4 is 29.2 Å². The third kappa shape index (κ3) is 2.67. The van der Waals surface area contributed by atoms with E-state index in [4.69, 9.17) is 0 Å². The maximum Gasteiger partial charge on any atom is 0.323 e. The van der Waals surface area contributed by atoms with Crippen LogP contribution < -0.4 is 16.0 Å². The van der Waals surface area contributed by atoms with Gasteiger partial charge in [-0.25, -0.2) is 4.79 Å². The Kier molecular flexibility index (Phi) is 3.34. The van der Waals surface area contributed by atoms with E-state index in [2.05, 4.69) is 16.0 Å². The fourth-order valence-electron chi connectivity index (χ4n) is 2.26. The maximum absolute atomic E-state index is 11.9. The first-order chi connectivity index (χ1) is 10.5. The Morgan fingerprint density at radius 1 is 0.909 bits per heavy atom. The van der Waals surface area contributed by atoms with Gasteiger partial charge in [-0.3, -0.25) is 14.9 Å². The molecule has 0 radical (unpaired) electrons.